The monoisotopic (exact) mass is 498 g/mol. The first-order chi connectivity index (χ1) is 17.1. The van der Waals surface area contributed by atoms with Gasteiger partial charge in [0.25, 0.3) is 17.4 Å². The van der Waals surface area contributed by atoms with E-state index in [1.54, 1.807) is 30.3 Å². The van der Waals surface area contributed by atoms with Gasteiger partial charge in [-0.25, -0.2) is 23.7 Å². The molecule has 0 radical (unpaired) electrons. The molecule has 13 heteroatoms. The number of benzene rings is 2. The normalized spacial score (nSPS) is 11.3. The number of nitrogen functional groups attached to an aromatic ring is 1. The molecule has 0 atom stereocenters. The number of nitrogens with two attached hydrogens (primary N) is 1. The lowest BCUT2D eigenvalue weighted by atomic mass is 10.00. The van der Waals surface area contributed by atoms with Gasteiger partial charge in [-0.05, 0) is 5.56 Å². The Balaban J connectivity index is 1.93. The Morgan fingerprint density at radius 2 is 1.86 bits per heavy atom. The standard InChI is InChI=1S/C23H20F2N6O5/c1-23(24,25)15-14-17(19(35-2)18(16(15)26)36-10-12-6-4-3-5-7-12)29-22(31(34)21(14)33)30-20(32)13-8-27-11-28-9-13/h3-9,11,34H,10,26H2,1-2H3,(H,29,30,32). The van der Waals surface area contributed by atoms with Crippen LogP contribution in [0.5, 0.6) is 11.5 Å². The fraction of sp³-hybridized carbons (Fsp3) is 0.174. The number of hydrogen-bond acceptors (Lipinski definition) is 9. The number of halogens is 2. The van der Waals surface area contributed by atoms with E-state index in [4.69, 9.17) is 15.2 Å². The summed E-state index contributed by atoms with van der Waals surface area (Å²) >= 11 is 0. The lowest BCUT2D eigenvalue weighted by Crippen LogP contribution is -2.28. The second kappa shape index (κ2) is 9.44. The van der Waals surface area contributed by atoms with E-state index < -0.39 is 45.5 Å². The number of ether oxygens (including phenoxy) is 2. The van der Waals surface area contributed by atoms with E-state index in [0.29, 0.717) is 12.5 Å². The van der Waals surface area contributed by atoms with Gasteiger partial charge in [0.1, 0.15) is 18.5 Å². The number of anilines is 2. The number of carbonyl (C=O) groups is 1. The van der Waals surface area contributed by atoms with Crippen molar-refractivity contribution in [1.29, 1.82) is 0 Å². The predicted molar refractivity (Wildman–Crippen MR) is 124 cm³/mol. The zero-order chi connectivity index (χ0) is 26.0. The fourth-order valence-corrected chi connectivity index (χ4v) is 3.57. The van der Waals surface area contributed by atoms with Crippen LogP contribution in [0.1, 0.15) is 28.4 Å². The highest BCUT2D eigenvalue weighted by atomic mass is 19.3. The van der Waals surface area contributed by atoms with E-state index in [1.165, 1.54) is 25.8 Å². The van der Waals surface area contributed by atoms with Crippen molar-refractivity contribution in [1.82, 2.24) is 19.7 Å². The number of nitrogens with zero attached hydrogens (tertiary/aromatic N) is 4. The van der Waals surface area contributed by atoms with Gasteiger partial charge in [-0.15, -0.1) is 4.73 Å². The summed E-state index contributed by atoms with van der Waals surface area (Å²) in [7, 11) is 1.21. The van der Waals surface area contributed by atoms with Crippen LogP contribution >= 0.6 is 0 Å². The fourth-order valence-electron chi connectivity index (χ4n) is 3.57. The van der Waals surface area contributed by atoms with Crippen molar-refractivity contribution in [2.45, 2.75) is 19.5 Å². The van der Waals surface area contributed by atoms with Gasteiger partial charge in [-0.2, -0.15) is 0 Å². The van der Waals surface area contributed by atoms with Crippen molar-refractivity contribution in [3.05, 3.63) is 76.1 Å². The molecule has 0 unspecified atom stereocenters. The second-order valence-corrected chi connectivity index (χ2v) is 7.67. The zero-order valence-corrected chi connectivity index (χ0v) is 19.0. The number of alkyl halides is 2. The average molecular weight is 498 g/mol. The van der Waals surface area contributed by atoms with Gasteiger partial charge in [0.2, 0.25) is 5.95 Å². The summed E-state index contributed by atoms with van der Waals surface area (Å²) in [5, 5.41) is 11.9. The van der Waals surface area contributed by atoms with E-state index in [0.717, 1.165) is 0 Å². The van der Waals surface area contributed by atoms with Crippen molar-refractivity contribution >= 4 is 28.4 Å². The highest BCUT2D eigenvalue weighted by Crippen LogP contribution is 2.47. The molecule has 4 aromatic rings. The summed E-state index contributed by atoms with van der Waals surface area (Å²) < 4.78 is 40.5. The van der Waals surface area contributed by atoms with Crippen LogP contribution in [-0.4, -0.2) is 37.9 Å². The molecule has 0 fully saturated rings. The van der Waals surface area contributed by atoms with Crippen molar-refractivity contribution < 1.29 is 28.3 Å². The van der Waals surface area contributed by atoms with Gasteiger partial charge in [0, 0.05) is 19.3 Å². The molecule has 2 heterocycles. The highest BCUT2D eigenvalue weighted by Gasteiger charge is 2.37. The van der Waals surface area contributed by atoms with Crippen LogP contribution in [0.4, 0.5) is 20.4 Å². The molecule has 0 saturated heterocycles. The number of aromatic nitrogens is 4. The van der Waals surface area contributed by atoms with Crippen molar-refractivity contribution in [3.8, 4) is 11.5 Å². The Labute approximate surface area is 202 Å². The molecule has 186 valence electrons. The van der Waals surface area contributed by atoms with Gasteiger partial charge in [-0.3, -0.25) is 14.9 Å². The molecule has 11 nitrogen and oxygen atoms in total. The van der Waals surface area contributed by atoms with Crippen LogP contribution in [0.15, 0.2) is 53.8 Å². The molecule has 0 saturated carbocycles. The lowest BCUT2D eigenvalue weighted by Gasteiger charge is -2.22. The number of fused-ring (bicyclic) bond motifs is 1. The average Bonchev–Trinajstić information content (AvgIpc) is 2.86. The third-order valence-electron chi connectivity index (χ3n) is 5.16. The smallest absolute Gasteiger partial charge is 0.296 e. The molecule has 2 aromatic heterocycles. The quantitative estimate of drug-likeness (QED) is 0.258. The molecule has 36 heavy (non-hydrogen) atoms. The summed E-state index contributed by atoms with van der Waals surface area (Å²) in [6, 6.07) is 8.84. The maximum atomic E-state index is 14.8. The van der Waals surface area contributed by atoms with E-state index in [2.05, 4.69) is 20.3 Å². The Morgan fingerprint density at radius 3 is 2.47 bits per heavy atom. The summed E-state index contributed by atoms with van der Waals surface area (Å²) in [5.74, 6) is -5.63. The topological polar surface area (TPSA) is 154 Å². The van der Waals surface area contributed by atoms with E-state index in [-0.39, 0.29) is 28.4 Å². The second-order valence-electron chi connectivity index (χ2n) is 7.67. The summed E-state index contributed by atoms with van der Waals surface area (Å²) in [5.41, 5.74) is 3.59. The number of hydrogen-bond donors (Lipinski definition) is 3. The number of rotatable bonds is 7. The molecule has 4 N–H and O–H groups in total. The Kier molecular flexibility index (Phi) is 6.38. The van der Waals surface area contributed by atoms with E-state index in [9.17, 15) is 23.6 Å². The van der Waals surface area contributed by atoms with Crippen molar-refractivity contribution in [2.75, 3.05) is 18.2 Å². The van der Waals surface area contributed by atoms with Gasteiger partial charge in [0.05, 0.1) is 29.3 Å². The molecular weight excluding hydrogens is 478 g/mol. The Morgan fingerprint density at radius 1 is 1.19 bits per heavy atom. The molecule has 0 aliphatic rings. The maximum Gasteiger partial charge on any atom is 0.296 e. The SMILES string of the molecule is COc1c(OCc2ccccc2)c(N)c(C(C)(F)F)c2c(=O)n(O)c(NC(=O)c3cncnc3)nc12. The molecule has 0 aliphatic carbocycles. The largest absolute Gasteiger partial charge is 0.491 e. The van der Waals surface area contributed by atoms with Crippen LogP contribution in [-0.2, 0) is 12.5 Å². The minimum Gasteiger partial charge on any atom is -0.491 e. The summed E-state index contributed by atoms with van der Waals surface area (Å²) in [6.07, 6.45) is 3.58. The van der Waals surface area contributed by atoms with Crippen LogP contribution in [0.3, 0.4) is 0 Å². The minimum absolute atomic E-state index is 0.0104. The first kappa shape index (κ1) is 24.3. The Hall–Kier alpha value is -4.81. The van der Waals surface area contributed by atoms with Crippen LogP contribution in [0, 0.1) is 0 Å². The van der Waals surface area contributed by atoms with Gasteiger partial charge in [-0.1, -0.05) is 30.3 Å². The number of nitrogens with one attached hydrogen (secondary N) is 1. The lowest BCUT2D eigenvalue weighted by molar-refractivity contribution is 0.0194. The summed E-state index contributed by atoms with van der Waals surface area (Å²) in [4.78, 5) is 37.1. The third-order valence-corrected chi connectivity index (χ3v) is 5.16. The van der Waals surface area contributed by atoms with Crippen molar-refractivity contribution in [2.24, 2.45) is 0 Å². The molecule has 4 rings (SSSR count). The molecular formula is C23H20F2N6O5. The van der Waals surface area contributed by atoms with Crippen LogP contribution < -0.4 is 26.1 Å². The van der Waals surface area contributed by atoms with Crippen LogP contribution in [0.25, 0.3) is 10.9 Å². The zero-order valence-electron chi connectivity index (χ0n) is 19.0. The maximum absolute atomic E-state index is 14.8. The molecule has 0 aliphatic heterocycles. The van der Waals surface area contributed by atoms with Gasteiger partial charge < -0.3 is 20.4 Å². The molecule has 1 amide bonds. The van der Waals surface area contributed by atoms with E-state index in [1.807, 2.05) is 0 Å². The first-order valence-corrected chi connectivity index (χ1v) is 10.4. The first-order valence-electron chi connectivity index (χ1n) is 10.4. The number of amides is 1. The van der Waals surface area contributed by atoms with Gasteiger partial charge in [0.15, 0.2) is 11.5 Å². The Bertz CT molecular complexity index is 1490. The van der Waals surface area contributed by atoms with E-state index >= 15 is 0 Å². The molecule has 0 bridgehead atoms. The van der Waals surface area contributed by atoms with Crippen LogP contribution in [0.2, 0.25) is 0 Å². The minimum atomic E-state index is -3.64. The highest BCUT2D eigenvalue weighted by molar-refractivity contribution is 6.04. The number of carbonyl (C=O) groups excluding carboxylic acids is 1. The van der Waals surface area contributed by atoms with Crippen molar-refractivity contribution in [3.63, 3.8) is 0 Å². The predicted octanol–water partition coefficient (Wildman–Crippen LogP) is 2.96. The third kappa shape index (κ3) is 4.45. The number of methoxy groups -OCH3 is 1. The van der Waals surface area contributed by atoms with Gasteiger partial charge >= 0.3 is 0 Å². The molecule has 2 aromatic carbocycles. The molecule has 0 spiro atoms. The summed E-state index contributed by atoms with van der Waals surface area (Å²) in [6.45, 7) is 0.480.